The number of carbonyl (C=O) groups is 1. The molecule has 2 N–H and O–H groups in total. The number of nitrogens with zero attached hydrogens (tertiary/aromatic N) is 1. The molecule has 0 saturated heterocycles. The summed E-state index contributed by atoms with van der Waals surface area (Å²) in [6.07, 6.45) is 2.38. The number of nitrogens with one attached hydrogen (secondary N) is 1. The van der Waals surface area contributed by atoms with E-state index in [2.05, 4.69) is 59.6 Å². The molecule has 1 aliphatic rings. The Kier molecular flexibility index (Phi) is 10.7. The molecular formula is C30H37CaFN2O3. The van der Waals surface area contributed by atoms with Crippen molar-refractivity contribution in [3.63, 3.8) is 0 Å². The van der Waals surface area contributed by atoms with Crippen LogP contribution in [0.15, 0.2) is 60.7 Å². The molecule has 0 aromatic heterocycles. The number of ether oxygens (including phenoxy) is 1. The molecule has 1 heterocycles. The molecular weight excluding hydrogens is 495 g/mol. The van der Waals surface area contributed by atoms with E-state index in [9.17, 15) is 9.18 Å². The third-order valence-corrected chi connectivity index (χ3v) is 6.66. The standard InChI is InChI=1S/C30H35FN2O3.Ca.2H/c1-20(2)36-29-16-22(18-32-26-14-12-23(27(31)17-26)13-15-30(34)35)9-11-25(29)19-33-21(3)8-10-24-6-4-5-7-28(24)33;;;/h4-7,9,11-12,14,16-17,20-21,32H,8,10,13,15,18-19H2,1-3H3,(H,34,35);;;. The van der Waals surface area contributed by atoms with Crippen LogP contribution in [0, 0.1) is 5.82 Å². The van der Waals surface area contributed by atoms with Crippen molar-refractivity contribution in [3.05, 3.63) is 88.7 Å². The molecule has 0 radical (unpaired) electrons. The number of hydrogen-bond donors (Lipinski definition) is 2. The second-order valence-corrected chi connectivity index (χ2v) is 9.81. The second-order valence-electron chi connectivity index (χ2n) is 9.81. The van der Waals surface area contributed by atoms with Crippen molar-refractivity contribution >= 4 is 55.1 Å². The molecule has 1 atom stereocenters. The Hall–Kier alpha value is -2.28. The Morgan fingerprint density at radius 1 is 1.14 bits per heavy atom. The molecule has 1 aliphatic heterocycles. The number of fused-ring (bicyclic) bond motifs is 1. The van der Waals surface area contributed by atoms with Gasteiger partial charge in [0, 0.05) is 42.5 Å². The van der Waals surface area contributed by atoms with Gasteiger partial charge in [-0.3, -0.25) is 4.79 Å². The molecule has 3 aromatic rings. The summed E-state index contributed by atoms with van der Waals surface area (Å²) >= 11 is 0. The Morgan fingerprint density at radius 3 is 2.62 bits per heavy atom. The van der Waals surface area contributed by atoms with Gasteiger partial charge < -0.3 is 20.1 Å². The van der Waals surface area contributed by atoms with E-state index in [1.165, 1.54) is 17.3 Å². The van der Waals surface area contributed by atoms with Gasteiger partial charge in [-0.15, -0.1) is 0 Å². The number of carboxylic acids is 1. The number of anilines is 2. The first-order valence-corrected chi connectivity index (χ1v) is 12.7. The van der Waals surface area contributed by atoms with E-state index >= 15 is 0 Å². The molecule has 1 unspecified atom stereocenters. The van der Waals surface area contributed by atoms with Crippen LogP contribution in [-0.2, 0) is 30.7 Å². The molecule has 3 aromatic carbocycles. The van der Waals surface area contributed by atoms with Crippen LogP contribution in [0.3, 0.4) is 0 Å². The number of aliphatic carboxylic acids is 1. The zero-order valence-corrected chi connectivity index (χ0v) is 21.3. The summed E-state index contributed by atoms with van der Waals surface area (Å²) in [4.78, 5) is 13.2. The first-order chi connectivity index (χ1) is 17.3. The molecule has 0 saturated carbocycles. The molecule has 0 bridgehead atoms. The molecule has 0 spiro atoms. The van der Waals surface area contributed by atoms with Crippen molar-refractivity contribution in [3.8, 4) is 5.75 Å². The van der Waals surface area contributed by atoms with E-state index in [1.807, 2.05) is 13.8 Å². The van der Waals surface area contributed by atoms with E-state index in [1.54, 1.807) is 12.1 Å². The van der Waals surface area contributed by atoms with E-state index in [-0.39, 0.29) is 56.7 Å². The van der Waals surface area contributed by atoms with E-state index in [4.69, 9.17) is 9.84 Å². The fourth-order valence-corrected chi connectivity index (χ4v) is 4.69. The maximum absolute atomic E-state index is 14.4. The summed E-state index contributed by atoms with van der Waals surface area (Å²) in [5.41, 5.74) is 5.94. The number of halogens is 1. The minimum atomic E-state index is -0.932. The molecule has 0 fully saturated rings. The number of hydrogen-bond acceptors (Lipinski definition) is 4. The van der Waals surface area contributed by atoms with Crippen molar-refractivity contribution in [2.75, 3.05) is 10.2 Å². The topological polar surface area (TPSA) is 61.8 Å². The van der Waals surface area contributed by atoms with Gasteiger partial charge in [0.25, 0.3) is 0 Å². The van der Waals surface area contributed by atoms with Crippen molar-refractivity contribution in [2.45, 2.75) is 71.7 Å². The van der Waals surface area contributed by atoms with Crippen LogP contribution in [0.4, 0.5) is 15.8 Å². The Bertz CT molecular complexity index is 1220. The number of benzene rings is 3. The number of rotatable bonds is 10. The zero-order chi connectivity index (χ0) is 25.7. The summed E-state index contributed by atoms with van der Waals surface area (Å²) in [6.45, 7) is 7.64. The molecule has 4 rings (SSSR count). The zero-order valence-electron chi connectivity index (χ0n) is 21.3. The van der Waals surface area contributed by atoms with E-state index < -0.39 is 11.8 Å². The predicted molar refractivity (Wildman–Crippen MR) is 151 cm³/mol. The summed E-state index contributed by atoms with van der Waals surface area (Å²) in [6, 6.07) is 20.2. The first kappa shape index (κ1) is 29.3. The first-order valence-electron chi connectivity index (χ1n) is 12.7. The van der Waals surface area contributed by atoms with Crippen LogP contribution in [0.2, 0.25) is 0 Å². The Labute approximate surface area is 249 Å². The average molecular weight is 533 g/mol. The Morgan fingerprint density at radius 2 is 1.89 bits per heavy atom. The molecule has 7 heteroatoms. The van der Waals surface area contributed by atoms with Gasteiger partial charge >= 0.3 is 43.7 Å². The van der Waals surface area contributed by atoms with Crippen molar-refractivity contribution < 1.29 is 19.0 Å². The molecule has 5 nitrogen and oxygen atoms in total. The van der Waals surface area contributed by atoms with Crippen molar-refractivity contribution in [1.29, 1.82) is 0 Å². The van der Waals surface area contributed by atoms with Gasteiger partial charge in [0.2, 0.25) is 0 Å². The molecule has 0 amide bonds. The quantitative estimate of drug-likeness (QED) is 0.330. The fourth-order valence-electron chi connectivity index (χ4n) is 4.69. The van der Waals surface area contributed by atoms with E-state index in [0.717, 1.165) is 36.3 Å². The molecule has 0 aliphatic carbocycles. The number of para-hydroxylation sites is 1. The van der Waals surface area contributed by atoms with Gasteiger partial charge in [-0.25, -0.2) is 4.39 Å². The van der Waals surface area contributed by atoms with Gasteiger partial charge in [-0.2, -0.15) is 0 Å². The summed E-state index contributed by atoms with van der Waals surface area (Å²) in [5.74, 6) is -0.454. The average Bonchev–Trinajstić information content (AvgIpc) is 2.84. The van der Waals surface area contributed by atoms with Crippen LogP contribution in [0.1, 0.15) is 55.9 Å². The third kappa shape index (κ3) is 7.86. The summed E-state index contributed by atoms with van der Waals surface area (Å²) < 4.78 is 20.6. The van der Waals surface area contributed by atoms with Crippen molar-refractivity contribution in [1.82, 2.24) is 0 Å². The monoisotopic (exact) mass is 532 g/mol. The van der Waals surface area contributed by atoms with Gasteiger partial charge in [0.1, 0.15) is 11.6 Å². The SMILES string of the molecule is CC(C)Oc1cc(CNc2ccc(CCC(=O)O)c(F)c2)ccc1CN1c2ccccc2CCC1C.[CaH2]. The third-order valence-electron chi connectivity index (χ3n) is 6.66. The maximum atomic E-state index is 14.4. The minimum absolute atomic E-state index is 0. The Balaban J connectivity index is 0.00000380. The normalized spacial score (nSPS) is 14.6. The van der Waals surface area contributed by atoms with Crippen LogP contribution in [-0.4, -0.2) is 61.0 Å². The van der Waals surface area contributed by atoms with Gasteiger partial charge in [0.05, 0.1) is 6.10 Å². The molecule has 194 valence electrons. The number of carboxylic acid groups (broad SMARTS) is 1. The van der Waals surface area contributed by atoms with Crippen LogP contribution < -0.4 is 15.0 Å². The fraction of sp³-hybridized carbons (Fsp3) is 0.367. The van der Waals surface area contributed by atoms with Crippen LogP contribution in [0.25, 0.3) is 0 Å². The van der Waals surface area contributed by atoms with Gasteiger partial charge in [-0.1, -0.05) is 36.4 Å². The van der Waals surface area contributed by atoms with Crippen LogP contribution in [0.5, 0.6) is 5.75 Å². The number of aryl methyl sites for hydroxylation is 2. The molecule has 37 heavy (non-hydrogen) atoms. The van der Waals surface area contributed by atoms with Gasteiger partial charge in [0.15, 0.2) is 0 Å². The second kappa shape index (κ2) is 13.5. The van der Waals surface area contributed by atoms with Crippen LogP contribution >= 0.6 is 0 Å². The predicted octanol–water partition coefficient (Wildman–Crippen LogP) is 5.67. The van der Waals surface area contributed by atoms with Crippen molar-refractivity contribution in [2.24, 2.45) is 0 Å². The van der Waals surface area contributed by atoms with Gasteiger partial charge in [-0.05, 0) is 81.0 Å². The summed E-state index contributed by atoms with van der Waals surface area (Å²) in [5, 5.41) is 12.1. The van der Waals surface area contributed by atoms with E-state index in [0.29, 0.717) is 23.8 Å². The summed E-state index contributed by atoms with van der Waals surface area (Å²) in [7, 11) is 0.